The summed E-state index contributed by atoms with van der Waals surface area (Å²) in [7, 11) is -3.33. The third kappa shape index (κ3) is 2.65. The van der Waals surface area contributed by atoms with Crippen LogP contribution < -0.4 is 0 Å². The second kappa shape index (κ2) is 4.51. The normalized spacial score (nSPS) is 11.5. The summed E-state index contributed by atoms with van der Waals surface area (Å²) in [6.07, 6.45) is 1.13. The molecule has 0 saturated carbocycles. The number of nitrogens with zero attached hydrogens (tertiary/aromatic N) is 1. The molecule has 0 bridgehead atoms. The van der Waals surface area contributed by atoms with Crippen molar-refractivity contribution >= 4 is 15.8 Å². The molecule has 1 aromatic heterocycles. The Hall–Kier alpha value is -2.15. The first kappa shape index (κ1) is 13.3. The van der Waals surface area contributed by atoms with Crippen LogP contribution in [0.15, 0.2) is 29.2 Å². The lowest BCUT2D eigenvalue weighted by Gasteiger charge is -2.05. The molecule has 6 nitrogen and oxygen atoms in total. The van der Waals surface area contributed by atoms with E-state index in [1.54, 1.807) is 19.1 Å². The highest BCUT2D eigenvalue weighted by molar-refractivity contribution is 7.90. The van der Waals surface area contributed by atoms with Crippen LogP contribution in [-0.4, -0.2) is 35.9 Å². The number of H-pyrrole nitrogens is 1. The first-order valence-electron chi connectivity index (χ1n) is 5.39. The van der Waals surface area contributed by atoms with Crippen molar-refractivity contribution in [2.45, 2.75) is 11.8 Å². The SMILES string of the molecule is Cc1ccc(-c2cc(C(=O)O)[nH]n2)cc1S(C)(=O)=O. The van der Waals surface area contributed by atoms with Gasteiger partial charge in [-0.25, -0.2) is 13.2 Å². The van der Waals surface area contributed by atoms with Gasteiger partial charge in [-0.05, 0) is 24.6 Å². The average molecular weight is 280 g/mol. The van der Waals surface area contributed by atoms with Gasteiger partial charge in [0.15, 0.2) is 9.84 Å². The number of carbonyl (C=O) groups is 1. The lowest BCUT2D eigenvalue weighted by Crippen LogP contribution is -2.00. The molecule has 19 heavy (non-hydrogen) atoms. The Morgan fingerprint density at radius 3 is 2.53 bits per heavy atom. The van der Waals surface area contributed by atoms with Gasteiger partial charge in [0.2, 0.25) is 0 Å². The first-order valence-corrected chi connectivity index (χ1v) is 7.28. The van der Waals surface area contributed by atoms with Crippen molar-refractivity contribution < 1.29 is 18.3 Å². The van der Waals surface area contributed by atoms with Gasteiger partial charge in [0, 0.05) is 11.8 Å². The van der Waals surface area contributed by atoms with Crippen molar-refractivity contribution in [1.29, 1.82) is 0 Å². The van der Waals surface area contributed by atoms with Crippen molar-refractivity contribution in [2.75, 3.05) is 6.26 Å². The number of aromatic carboxylic acids is 1. The zero-order valence-electron chi connectivity index (χ0n) is 10.3. The van der Waals surface area contributed by atoms with E-state index in [1.165, 1.54) is 12.1 Å². The Labute approximate surface area is 110 Å². The van der Waals surface area contributed by atoms with Crippen LogP contribution in [0, 0.1) is 6.92 Å². The van der Waals surface area contributed by atoms with Gasteiger partial charge in [0.05, 0.1) is 10.6 Å². The molecule has 0 unspecified atom stereocenters. The quantitative estimate of drug-likeness (QED) is 0.887. The molecule has 0 atom stereocenters. The zero-order chi connectivity index (χ0) is 14.2. The summed E-state index contributed by atoms with van der Waals surface area (Å²) in [6.45, 7) is 1.70. The number of rotatable bonds is 3. The lowest BCUT2D eigenvalue weighted by molar-refractivity contribution is 0.0690. The minimum Gasteiger partial charge on any atom is -0.477 e. The van der Waals surface area contributed by atoms with Gasteiger partial charge >= 0.3 is 5.97 Å². The predicted molar refractivity (Wildman–Crippen MR) is 68.8 cm³/mol. The van der Waals surface area contributed by atoms with E-state index >= 15 is 0 Å². The van der Waals surface area contributed by atoms with Crippen LogP contribution in [0.25, 0.3) is 11.3 Å². The Morgan fingerprint density at radius 2 is 2.00 bits per heavy atom. The molecule has 0 fully saturated rings. The van der Waals surface area contributed by atoms with Gasteiger partial charge in [-0.2, -0.15) is 5.10 Å². The lowest BCUT2D eigenvalue weighted by atomic mass is 10.1. The molecular formula is C12H12N2O4S. The molecule has 7 heteroatoms. The van der Waals surface area contributed by atoms with Gasteiger partial charge < -0.3 is 5.11 Å². The van der Waals surface area contributed by atoms with Crippen LogP contribution in [0.3, 0.4) is 0 Å². The number of carboxylic acids is 1. The third-order valence-corrected chi connectivity index (χ3v) is 3.93. The summed E-state index contributed by atoms with van der Waals surface area (Å²) in [5.41, 5.74) is 1.54. The predicted octanol–water partition coefficient (Wildman–Crippen LogP) is 1.49. The van der Waals surface area contributed by atoms with Crippen LogP contribution in [0.4, 0.5) is 0 Å². The molecule has 0 aliphatic heterocycles. The number of aromatic nitrogens is 2. The van der Waals surface area contributed by atoms with Gasteiger partial charge in [-0.3, -0.25) is 5.10 Å². The van der Waals surface area contributed by atoms with Gasteiger partial charge in [-0.1, -0.05) is 12.1 Å². The molecule has 0 amide bonds. The van der Waals surface area contributed by atoms with E-state index in [4.69, 9.17) is 5.11 Å². The minimum atomic E-state index is -3.33. The average Bonchev–Trinajstić information content (AvgIpc) is 2.77. The molecule has 100 valence electrons. The van der Waals surface area contributed by atoms with Crippen LogP contribution in [0.5, 0.6) is 0 Å². The van der Waals surface area contributed by atoms with Crippen LogP contribution >= 0.6 is 0 Å². The van der Waals surface area contributed by atoms with Crippen molar-refractivity contribution in [3.05, 3.63) is 35.5 Å². The van der Waals surface area contributed by atoms with Crippen molar-refractivity contribution in [2.24, 2.45) is 0 Å². The zero-order valence-corrected chi connectivity index (χ0v) is 11.2. The Morgan fingerprint density at radius 1 is 1.32 bits per heavy atom. The molecule has 0 spiro atoms. The highest BCUT2D eigenvalue weighted by Gasteiger charge is 2.14. The Bertz CT molecular complexity index is 747. The number of benzene rings is 1. The maximum absolute atomic E-state index is 11.6. The van der Waals surface area contributed by atoms with Gasteiger partial charge in [0.25, 0.3) is 0 Å². The Balaban J connectivity index is 2.54. The highest BCUT2D eigenvalue weighted by Crippen LogP contribution is 2.24. The molecule has 1 aromatic carbocycles. The van der Waals surface area contributed by atoms with E-state index in [9.17, 15) is 13.2 Å². The van der Waals surface area contributed by atoms with Gasteiger partial charge in [-0.15, -0.1) is 0 Å². The molecule has 0 radical (unpaired) electrons. The summed E-state index contributed by atoms with van der Waals surface area (Å²) in [5.74, 6) is -1.12. The van der Waals surface area contributed by atoms with E-state index in [1.807, 2.05) is 0 Å². The summed E-state index contributed by atoms with van der Waals surface area (Å²) in [4.78, 5) is 11.0. The fraction of sp³-hybridized carbons (Fsp3) is 0.167. The summed E-state index contributed by atoms with van der Waals surface area (Å²) < 4.78 is 23.3. The van der Waals surface area contributed by atoms with Gasteiger partial charge in [0.1, 0.15) is 5.69 Å². The van der Waals surface area contributed by atoms with Crippen LogP contribution in [0.2, 0.25) is 0 Å². The first-order chi connectivity index (χ1) is 8.79. The number of nitrogens with one attached hydrogen (secondary N) is 1. The largest absolute Gasteiger partial charge is 0.477 e. The summed E-state index contributed by atoms with van der Waals surface area (Å²) in [5, 5.41) is 15.0. The van der Waals surface area contributed by atoms with E-state index < -0.39 is 15.8 Å². The second-order valence-corrected chi connectivity index (χ2v) is 6.21. The number of sulfone groups is 1. The highest BCUT2D eigenvalue weighted by atomic mass is 32.2. The summed E-state index contributed by atoms with van der Waals surface area (Å²) in [6, 6.07) is 6.22. The number of aryl methyl sites for hydroxylation is 1. The smallest absolute Gasteiger partial charge is 0.353 e. The molecule has 0 aliphatic rings. The van der Waals surface area contributed by atoms with Crippen LogP contribution in [0.1, 0.15) is 16.1 Å². The van der Waals surface area contributed by atoms with Crippen molar-refractivity contribution in [3.63, 3.8) is 0 Å². The molecule has 2 aromatic rings. The molecule has 0 aliphatic carbocycles. The molecule has 2 rings (SSSR count). The van der Waals surface area contributed by atoms with Crippen molar-refractivity contribution in [3.8, 4) is 11.3 Å². The molecule has 2 N–H and O–H groups in total. The standard InChI is InChI=1S/C12H12N2O4S/c1-7-3-4-8(5-11(7)19(2,17)18)9-6-10(12(15)16)14-13-9/h3-6H,1-2H3,(H,13,14)(H,15,16). The van der Waals surface area contributed by atoms with Crippen molar-refractivity contribution in [1.82, 2.24) is 10.2 Å². The van der Waals surface area contributed by atoms with E-state index in [-0.39, 0.29) is 10.6 Å². The monoisotopic (exact) mass is 280 g/mol. The van der Waals surface area contributed by atoms with E-state index in [0.717, 1.165) is 6.26 Å². The number of carboxylic acid groups (broad SMARTS) is 1. The second-order valence-electron chi connectivity index (χ2n) is 4.22. The fourth-order valence-electron chi connectivity index (χ4n) is 1.74. The molecular weight excluding hydrogens is 268 g/mol. The summed E-state index contributed by atoms with van der Waals surface area (Å²) >= 11 is 0. The Kier molecular flexibility index (Phi) is 3.15. The van der Waals surface area contributed by atoms with E-state index in [0.29, 0.717) is 16.8 Å². The maximum Gasteiger partial charge on any atom is 0.353 e. The molecule has 1 heterocycles. The topological polar surface area (TPSA) is 100 Å². The third-order valence-electron chi connectivity index (χ3n) is 2.69. The number of hydrogen-bond donors (Lipinski definition) is 2. The fourth-order valence-corrected chi connectivity index (χ4v) is 2.73. The minimum absolute atomic E-state index is 0.0449. The van der Waals surface area contributed by atoms with Crippen LogP contribution in [-0.2, 0) is 9.84 Å². The maximum atomic E-state index is 11.6. The molecule has 0 saturated heterocycles. The number of aromatic amines is 1. The number of hydrogen-bond acceptors (Lipinski definition) is 4. The van der Waals surface area contributed by atoms with E-state index in [2.05, 4.69) is 10.2 Å².